The topological polar surface area (TPSA) is 55.4 Å². The first-order valence-corrected chi connectivity index (χ1v) is 17.2. The van der Waals surface area contributed by atoms with Crippen LogP contribution in [0.4, 0.5) is 0 Å². The zero-order valence-electron chi connectivity index (χ0n) is 28.0. The van der Waals surface area contributed by atoms with E-state index in [0.717, 1.165) is 33.0 Å². The van der Waals surface area contributed by atoms with Crippen molar-refractivity contribution in [3.05, 3.63) is 186 Å². The molecule has 1 aliphatic rings. The second-order valence-electron chi connectivity index (χ2n) is 12.5. The van der Waals surface area contributed by atoms with E-state index < -0.39 is 30.7 Å². The first-order valence-electron chi connectivity index (χ1n) is 17.2. The van der Waals surface area contributed by atoms with Gasteiger partial charge < -0.3 is 28.4 Å². The van der Waals surface area contributed by atoms with Crippen molar-refractivity contribution in [2.45, 2.75) is 57.1 Å². The van der Waals surface area contributed by atoms with E-state index >= 15 is 0 Å². The first-order chi connectivity index (χ1) is 24.8. The summed E-state index contributed by atoms with van der Waals surface area (Å²) in [5.41, 5.74) is 4.21. The molecule has 0 unspecified atom stereocenters. The van der Waals surface area contributed by atoms with Gasteiger partial charge in [-0.25, -0.2) is 0 Å². The molecule has 7 rings (SSSR count). The van der Waals surface area contributed by atoms with Crippen LogP contribution >= 0.6 is 0 Å². The maximum absolute atomic E-state index is 6.85. The summed E-state index contributed by atoms with van der Waals surface area (Å²) in [5, 5.41) is 2.21. The number of ether oxygens (including phenoxy) is 6. The minimum absolute atomic E-state index is 0.266. The van der Waals surface area contributed by atoms with Crippen molar-refractivity contribution in [1.82, 2.24) is 0 Å². The van der Waals surface area contributed by atoms with Crippen LogP contribution in [0.2, 0.25) is 0 Å². The average molecular weight is 667 g/mol. The van der Waals surface area contributed by atoms with Crippen molar-refractivity contribution in [2.75, 3.05) is 6.61 Å². The van der Waals surface area contributed by atoms with E-state index in [2.05, 4.69) is 54.6 Å². The third-order valence-electron chi connectivity index (χ3n) is 8.81. The predicted octanol–water partition coefficient (Wildman–Crippen LogP) is 8.92. The highest BCUT2D eigenvalue weighted by Crippen LogP contribution is 2.33. The van der Waals surface area contributed by atoms with Crippen LogP contribution in [0.3, 0.4) is 0 Å². The second-order valence-corrected chi connectivity index (χ2v) is 12.5. The molecule has 1 heterocycles. The molecule has 0 saturated carbocycles. The number of rotatable bonds is 15. The van der Waals surface area contributed by atoms with Crippen molar-refractivity contribution in [1.29, 1.82) is 0 Å². The van der Waals surface area contributed by atoms with Gasteiger partial charge in [0.2, 0.25) is 6.29 Å². The molecule has 6 aromatic carbocycles. The van der Waals surface area contributed by atoms with Crippen LogP contribution in [-0.2, 0) is 50.1 Å². The van der Waals surface area contributed by atoms with Gasteiger partial charge in [0.05, 0.1) is 33.0 Å². The molecule has 0 amide bonds. The zero-order chi connectivity index (χ0) is 33.8. The summed E-state index contributed by atoms with van der Waals surface area (Å²) in [5.74, 6) is 0.677. The van der Waals surface area contributed by atoms with E-state index in [-0.39, 0.29) is 6.61 Å². The maximum atomic E-state index is 6.85. The molecule has 0 bridgehead atoms. The molecule has 0 aliphatic carbocycles. The molecule has 1 aliphatic heterocycles. The molecule has 0 radical (unpaired) electrons. The summed E-state index contributed by atoms with van der Waals surface area (Å²) in [7, 11) is 0. The predicted molar refractivity (Wildman–Crippen MR) is 194 cm³/mol. The molecule has 6 aromatic rings. The van der Waals surface area contributed by atoms with Crippen LogP contribution in [0.1, 0.15) is 22.3 Å². The fraction of sp³-hybridized carbons (Fsp3) is 0.227. The van der Waals surface area contributed by atoms with Crippen molar-refractivity contribution >= 4 is 10.8 Å². The fourth-order valence-electron chi connectivity index (χ4n) is 6.22. The lowest BCUT2D eigenvalue weighted by Gasteiger charge is -2.45. The Morgan fingerprint density at radius 3 is 1.44 bits per heavy atom. The zero-order valence-corrected chi connectivity index (χ0v) is 28.0. The van der Waals surface area contributed by atoms with Crippen LogP contribution in [0.5, 0.6) is 5.75 Å². The van der Waals surface area contributed by atoms with Gasteiger partial charge in [0.15, 0.2) is 0 Å². The van der Waals surface area contributed by atoms with Gasteiger partial charge in [0.25, 0.3) is 0 Å². The van der Waals surface area contributed by atoms with Gasteiger partial charge in [-0.15, -0.1) is 0 Å². The van der Waals surface area contributed by atoms with Crippen LogP contribution in [0.15, 0.2) is 164 Å². The Bertz CT molecular complexity index is 1870. The van der Waals surface area contributed by atoms with Crippen LogP contribution in [-0.4, -0.2) is 37.3 Å². The number of benzene rings is 6. The van der Waals surface area contributed by atoms with Gasteiger partial charge in [-0.3, -0.25) is 0 Å². The van der Waals surface area contributed by atoms with E-state index in [1.54, 1.807) is 0 Å². The monoisotopic (exact) mass is 666 g/mol. The second kappa shape index (κ2) is 17.2. The molecule has 0 spiro atoms. The molecule has 5 atom stereocenters. The summed E-state index contributed by atoms with van der Waals surface area (Å²) in [6, 6.07) is 54.8. The smallest absolute Gasteiger partial charge is 0.229 e. The Balaban J connectivity index is 1.22. The molecule has 6 nitrogen and oxygen atoms in total. The molecule has 0 N–H and O–H groups in total. The van der Waals surface area contributed by atoms with E-state index in [4.69, 9.17) is 28.4 Å². The van der Waals surface area contributed by atoms with Gasteiger partial charge in [-0.05, 0) is 45.2 Å². The van der Waals surface area contributed by atoms with Gasteiger partial charge in [0, 0.05) is 0 Å². The molecule has 6 heteroatoms. The van der Waals surface area contributed by atoms with E-state index in [1.165, 1.54) is 0 Å². The van der Waals surface area contributed by atoms with Crippen LogP contribution in [0, 0.1) is 0 Å². The van der Waals surface area contributed by atoms with Gasteiger partial charge >= 0.3 is 0 Å². The molecular formula is C44H42O6. The normalized spacial score (nSPS) is 20.4. The maximum Gasteiger partial charge on any atom is 0.229 e. The van der Waals surface area contributed by atoms with Crippen molar-refractivity contribution in [2.24, 2.45) is 0 Å². The highest BCUT2D eigenvalue weighted by Gasteiger charge is 2.49. The first kappa shape index (κ1) is 33.7. The Labute approximate surface area is 294 Å². The molecular weight excluding hydrogens is 624 g/mol. The standard InChI is InChI=1S/C44H42O6/c1-5-15-33(16-6-1)28-45-32-40-41(46-29-34-17-7-2-8-18-34)42(47-30-35-19-9-3-10-20-35)43(48-31-36-21-11-4-12-22-36)44(50-40)49-39-26-25-37-23-13-14-24-38(37)27-39/h1-27,40-44H,28-32H2/t40-,41+,42+,43-,44-/m1/s1. The minimum atomic E-state index is -0.817. The van der Waals surface area contributed by atoms with Gasteiger partial charge in [0.1, 0.15) is 30.2 Å². The summed E-state index contributed by atoms with van der Waals surface area (Å²) in [6.07, 6.45) is -3.08. The Morgan fingerprint density at radius 1 is 0.420 bits per heavy atom. The molecule has 254 valence electrons. The fourth-order valence-corrected chi connectivity index (χ4v) is 6.22. The molecule has 1 fully saturated rings. The Morgan fingerprint density at radius 2 is 0.880 bits per heavy atom. The number of hydrogen-bond donors (Lipinski definition) is 0. The molecule has 0 aromatic heterocycles. The minimum Gasteiger partial charge on any atom is -0.462 e. The van der Waals surface area contributed by atoms with E-state index in [9.17, 15) is 0 Å². The number of hydrogen-bond acceptors (Lipinski definition) is 6. The number of fused-ring (bicyclic) bond motifs is 1. The summed E-state index contributed by atoms with van der Waals surface area (Å²) in [4.78, 5) is 0. The SMILES string of the molecule is c1ccc(COC[C@H]2O[C@@H](Oc3ccc4ccccc4c3)[C@H](OCc3ccccc3)[C@@H](OCc3ccccc3)[C@H]2OCc2ccccc2)cc1. The van der Waals surface area contributed by atoms with E-state index in [0.29, 0.717) is 32.2 Å². The lowest BCUT2D eigenvalue weighted by molar-refractivity contribution is -0.310. The summed E-state index contributed by atoms with van der Waals surface area (Å²) in [6.45, 7) is 1.78. The van der Waals surface area contributed by atoms with Crippen LogP contribution < -0.4 is 4.74 Å². The van der Waals surface area contributed by atoms with Crippen molar-refractivity contribution < 1.29 is 28.4 Å². The van der Waals surface area contributed by atoms with Crippen molar-refractivity contribution in [3.8, 4) is 5.75 Å². The quantitative estimate of drug-likeness (QED) is 0.109. The van der Waals surface area contributed by atoms with Gasteiger partial charge in [-0.1, -0.05) is 152 Å². The lowest BCUT2D eigenvalue weighted by Crippen LogP contribution is -2.62. The largest absolute Gasteiger partial charge is 0.462 e. The summed E-state index contributed by atoms with van der Waals surface area (Å²) >= 11 is 0. The van der Waals surface area contributed by atoms with Crippen LogP contribution in [0.25, 0.3) is 10.8 Å². The Hall–Kier alpha value is -4.82. The lowest BCUT2D eigenvalue weighted by atomic mass is 9.97. The van der Waals surface area contributed by atoms with Gasteiger partial charge in [-0.2, -0.15) is 0 Å². The van der Waals surface area contributed by atoms with Crippen molar-refractivity contribution in [3.63, 3.8) is 0 Å². The molecule has 1 saturated heterocycles. The highest BCUT2D eigenvalue weighted by molar-refractivity contribution is 5.83. The third-order valence-corrected chi connectivity index (χ3v) is 8.81. The Kier molecular flexibility index (Phi) is 11.6. The highest BCUT2D eigenvalue weighted by atomic mass is 16.7. The molecule has 50 heavy (non-hydrogen) atoms. The average Bonchev–Trinajstić information content (AvgIpc) is 3.18. The van der Waals surface area contributed by atoms with E-state index in [1.807, 2.05) is 109 Å². The third kappa shape index (κ3) is 9.04. The summed E-state index contributed by atoms with van der Waals surface area (Å²) < 4.78 is 40.2.